The summed E-state index contributed by atoms with van der Waals surface area (Å²) in [6.45, 7) is 3.51. The number of rotatable bonds is 5. The molecular formula is C19H24N2O5. The number of aryl methyl sites for hydroxylation is 1. The average Bonchev–Trinajstić information content (AvgIpc) is 3.20. The molecule has 3 N–H and O–H groups in total. The number of carbonyl (C=O) groups excluding carboxylic acids is 2. The van der Waals surface area contributed by atoms with E-state index in [1.54, 1.807) is 13.0 Å². The number of hydrogen-bond donors (Lipinski definition) is 3. The van der Waals surface area contributed by atoms with Gasteiger partial charge in [0.1, 0.15) is 5.75 Å². The van der Waals surface area contributed by atoms with E-state index in [0.717, 1.165) is 24.8 Å². The number of carboxylic acids is 1. The van der Waals surface area contributed by atoms with Crippen molar-refractivity contribution in [2.45, 2.75) is 39.2 Å². The lowest BCUT2D eigenvalue weighted by Crippen LogP contribution is -2.51. The van der Waals surface area contributed by atoms with Crippen molar-refractivity contribution in [3.63, 3.8) is 0 Å². The standard InChI is InChI=1S/C19H24N2O5/c1-10-4-3-5-14(8-10)26-11(2)17(22)20-21-18(23)15-12-6-7-13(9-12)16(15)19(24)25/h3-5,8,11-13,15-16H,6-7,9H2,1-2H3,(H,20,22)(H,21,23)(H,24,25)/t11-,12+,13-,15-,16-/m0/s1. The first-order valence-electron chi connectivity index (χ1n) is 8.92. The van der Waals surface area contributed by atoms with Crippen LogP contribution < -0.4 is 15.6 Å². The maximum absolute atomic E-state index is 12.5. The molecule has 0 heterocycles. The first kappa shape index (κ1) is 18.2. The smallest absolute Gasteiger partial charge is 0.307 e. The minimum Gasteiger partial charge on any atom is -0.481 e. The molecule has 2 amide bonds. The number of hydrogen-bond acceptors (Lipinski definition) is 4. The fraction of sp³-hybridized carbons (Fsp3) is 0.526. The second kappa shape index (κ2) is 7.35. The van der Waals surface area contributed by atoms with Crippen LogP contribution in [-0.2, 0) is 14.4 Å². The lowest BCUT2D eigenvalue weighted by Gasteiger charge is -2.27. The summed E-state index contributed by atoms with van der Waals surface area (Å²) in [5.74, 6) is -2.38. The second-order valence-corrected chi connectivity index (χ2v) is 7.28. The molecule has 5 atom stereocenters. The molecule has 0 aromatic heterocycles. The third-order valence-corrected chi connectivity index (χ3v) is 5.48. The first-order chi connectivity index (χ1) is 12.4. The molecule has 2 saturated carbocycles. The van der Waals surface area contributed by atoms with Gasteiger partial charge in [0.05, 0.1) is 11.8 Å². The topological polar surface area (TPSA) is 105 Å². The van der Waals surface area contributed by atoms with Gasteiger partial charge in [-0.05, 0) is 62.6 Å². The number of fused-ring (bicyclic) bond motifs is 2. The predicted octanol–water partition coefficient (Wildman–Crippen LogP) is 1.66. The molecule has 0 saturated heterocycles. The zero-order chi connectivity index (χ0) is 18.8. The van der Waals surface area contributed by atoms with E-state index in [9.17, 15) is 19.5 Å². The van der Waals surface area contributed by atoms with Crippen molar-refractivity contribution in [1.82, 2.24) is 10.9 Å². The molecule has 0 radical (unpaired) electrons. The highest BCUT2D eigenvalue weighted by Gasteiger charge is 2.54. The molecule has 3 rings (SSSR count). The molecule has 140 valence electrons. The number of carboxylic acid groups (broad SMARTS) is 1. The highest BCUT2D eigenvalue weighted by atomic mass is 16.5. The van der Waals surface area contributed by atoms with Gasteiger partial charge in [0.15, 0.2) is 6.10 Å². The van der Waals surface area contributed by atoms with Gasteiger partial charge in [-0.25, -0.2) is 0 Å². The Balaban J connectivity index is 1.54. The summed E-state index contributed by atoms with van der Waals surface area (Å²) in [7, 11) is 0. The number of ether oxygens (including phenoxy) is 1. The summed E-state index contributed by atoms with van der Waals surface area (Å²) >= 11 is 0. The Morgan fingerprint density at radius 1 is 1.15 bits per heavy atom. The Bertz CT molecular complexity index is 720. The van der Waals surface area contributed by atoms with Gasteiger partial charge in [-0.15, -0.1) is 0 Å². The molecule has 2 fully saturated rings. The normalized spacial score (nSPS) is 27.6. The summed E-state index contributed by atoms with van der Waals surface area (Å²) in [4.78, 5) is 36.1. The van der Waals surface area contributed by atoms with Crippen molar-refractivity contribution in [3.8, 4) is 5.75 Å². The Kier molecular flexibility index (Phi) is 5.15. The van der Waals surface area contributed by atoms with Gasteiger partial charge in [0.2, 0.25) is 5.91 Å². The van der Waals surface area contributed by atoms with E-state index in [1.807, 2.05) is 25.1 Å². The van der Waals surface area contributed by atoms with Crippen molar-refractivity contribution in [2.24, 2.45) is 23.7 Å². The number of amides is 2. The molecule has 0 spiro atoms. The summed E-state index contributed by atoms with van der Waals surface area (Å²) in [6, 6.07) is 7.32. The Hall–Kier alpha value is -2.57. The van der Waals surface area contributed by atoms with Crippen molar-refractivity contribution in [3.05, 3.63) is 29.8 Å². The third kappa shape index (κ3) is 3.66. The lowest BCUT2D eigenvalue weighted by atomic mass is 9.79. The minimum atomic E-state index is -0.931. The summed E-state index contributed by atoms with van der Waals surface area (Å²) in [5.41, 5.74) is 5.76. The molecule has 2 aliphatic rings. The van der Waals surface area contributed by atoms with E-state index in [2.05, 4.69) is 10.9 Å². The maximum atomic E-state index is 12.5. The Morgan fingerprint density at radius 3 is 2.50 bits per heavy atom. The Labute approximate surface area is 152 Å². The van der Waals surface area contributed by atoms with Gasteiger partial charge in [0.25, 0.3) is 5.91 Å². The minimum absolute atomic E-state index is 0.0625. The fourth-order valence-corrected chi connectivity index (χ4v) is 4.28. The molecular weight excluding hydrogens is 336 g/mol. The predicted molar refractivity (Wildman–Crippen MR) is 93.0 cm³/mol. The number of benzene rings is 1. The molecule has 0 aliphatic heterocycles. The van der Waals surface area contributed by atoms with Crippen LogP contribution in [0, 0.1) is 30.6 Å². The monoisotopic (exact) mass is 360 g/mol. The van der Waals surface area contributed by atoms with Crippen LogP contribution in [0.4, 0.5) is 0 Å². The maximum Gasteiger partial charge on any atom is 0.307 e. The summed E-state index contributed by atoms with van der Waals surface area (Å²) in [5, 5.41) is 9.42. The van der Waals surface area contributed by atoms with Crippen LogP contribution in [0.2, 0.25) is 0 Å². The van der Waals surface area contributed by atoms with E-state index >= 15 is 0 Å². The van der Waals surface area contributed by atoms with Crippen LogP contribution in [0.1, 0.15) is 31.7 Å². The number of aliphatic carboxylic acids is 1. The van der Waals surface area contributed by atoms with Gasteiger partial charge < -0.3 is 9.84 Å². The van der Waals surface area contributed by atoms with Crippen molar-refractivity contribution >= 4 is 17.8 Å². The summed E-state index contributed by atoms with van der Waals surface area (Å²) < 4.78 is 5.57. The molecule has 7 nitrogen and oxygen atoms in total. The van der Waals surface area contributed by atoms with Crippen LogP contribution in [0.5, 0.6) is 5.75 Å². The molecule has 26 heavy (non-hydrogen) atoms. The number of hydrazine groups is 1. The van der Waals surface area contributed by atoms with Crippen LogP contribution in [0.15, 0.2) is 24.3 Å². The van der Waals surface area contributed by atoms with Gasteiger partial charge >= 0.3 is 5.97 Å². The summed E-state index contributed by atoms with van der Waals surface area (Å²) in [6.07, 6.45) is 1.70. The van der Waals surface area contributed by atoms with Crippen molar-refractivity contribution in [1.29, 1.82) is 0 Å². The van der Waals surface area contributed by atoms with Gasteiger partial charge in [-0.1, -0.05) is 12.1 Å². The highest BCUT2D eigenvalue weighted by molar-refractivity contribution is 5.89. The largest absolute Gasteiger partial charge is 0.481 e. The van der Waals surface area contributed by atoms with E-state index in [0.29, 0.717) is 5.75 Å². The van der Waals surface area contributed by atoms with E-state index < -0.39 is 35.7 Å². The van der Waals surface area contributed by atoms with Crippen LogP contribution in [-0.4, -0.2) is 29.0 Å². The second-order valence-electron chi connectivity index (χ2n) is 7.28. The van der Waals surface area contributed by atoms with E-state index in [1.165, 1.54) is 0 Å². The zero-order valence-electron chi connectivity index (χ0n) is 14.9. The first-order valence-corrected chi connectivity index (χ1v) is 8.92. The number of carbonyl (C=O) groups is 3. The Morgan fingerprint density at radius 2 is 1.85 bits per heavy atom. The molecule has 2 bridgehead atoms. The molecule has 1 aromatic carbocycles. The highest BCUT2D eigenvalue weighted by Crippen LogP contribution is 2.52. The zero-order valence-corrected chi connectivity index (χ0v) is 14.9. The molecule has 7 heteroatoms. The molecule has 0 unspecified atom stereocenters. The third-order valence-electron chi connectivity index (χ3n) is 5.48. The molecule has 1 aromatic rings. The SMILES string of the molecule is Cc1cccc(O[C@@H](C)C(=O)NNC(=O)[C@H]2[C@@H]3CC[C@@H](C3)[C@@H]2C(=O)O)c1. The van der Waals surface area contributed by atoms with Crippen LogP contribution in [0.3, 0.4) is 0 Å². The van der Waals surface area contributed by atoms with Crippen LogP contribution >= 0.6 is 0 Å². The average molecular weight is 360 g/mol. The van der Waals surface area contributed by atoms with E-state index in [-0.39, 0.29) is 11.8 Å². The van der Waals surface area contributed by atoms with E-state index in [4.69, 9.17) is 4.74 Å². The van der Waals surface area contributed by atoms with Crippen LogP contribution in [0.25, 0.3) is 0 Å². The lowest BCUT2D eigenvalue weighted by molar-refractivity contribution is -0.150. The fourth-order valence-electron chi connectivity index (χ4n) is 4.28. The molecule has 2 aliphatic carbocycles. The van der Waals surface area contributed by atoms with Gasteiger partial charge in [-0.2, -0.15) is 0 Å². The van der Waals surface area contributed by atoms with Crippen molar-refractivity contribution < 1.29 is 24.2 Å². The van der Waals surface area contributed by atoms with Crippen molar-refractivity contribution in [2.75, 3.05) is 0 Å². The van der Waals surface area contributed by atoms with Gasteiger partial charge in [-0.3, -0.25) is 25.2 Å². The van der Waals surface area contributed by atoms with Gasteiger partial charge in [0, 0.05) is 0 Å². The quantitative estimate of drug-likeness (QED) is 0.693. The number of nitrogens with one attached hydrogen (secondary N) is 2.